The van der Waals surface area contributed by atoms with Crippen LogP contribution in [0.25, 0.3) is 0 Å². The zero-order chi connectivity index (χ0) is 4.50. The molecule has 0 aliphatic heterocycles. The first-order valence-electron chi connectivity index (χ1n) is 0.783. The van der Waals surface area contributed by atoms with Gasteiger partial charge in [-0.3, -0.25) is 0 Å². The molecule has 10 heteroatoms. The van der Waals surface area contributed by atoms with E-state index in [4.69, 9.17) is 19.2 Å². The van der Waals surface area contributed by atoms with E-state index in [9.17, 15) is 0 Å². The maximum absolute atomic E-state index is 8.88. The molecule has 0 rings (SSSR count). The van der Waals surface area contributed by atoms with Crippen molar-refractivity contribution < 1.29 is 27.8 Å². The Hall–Kier alpha value is 3.81. The van der Waals surface area contributed by atoms with Crippen LogP contribution in [-0.4, -0.2) is 128 Å². The summed E-state index contributed by atoms with van der Waals surface area (Å²) >= 11 is 0. The van der Waals surface area contributed by atoms with E-state index in [-0.39, 0.29) is 134 Å². The molecule has 0 aromatic carbocycles. The minimum atomic E-state index is -4.64. The van der Waals surface area contributed by atoms with Gasteiger partial charge in [0.15, 0.2) is 0 Å². The molecular formula is H15Ca3N2O4P. The third-order valence-electron chi connectivity index (χ3n) is 0. The summed E-state index contributed by atoms with van der Waals surface area (Å²) in [6.45, 7) is 0. The third kappa shape index (κ3) is 95.1. The minimum absolute atomic E-state index is 0. The fourth-order valence-corrected chi connectivity index (χ4v) is 0. The van der Waals surface area contributed by atoms with Gasteiger partial charge in [-0.25, -0.2) is 4.57 Å². The molecule has 0 spiro atoms. The number of rotatable bonds is 0. The molecule has 0 atom stereocenters. The molecule has 9 N–H and O–H groups in total. The molecule has 0 saturated carbocycles. The Morgan fingerprint density at radius 1 is 0.900 bits per heavy atom. The van der Waals surface area contributed by atoms with Crippen LogP contribution in [0.5, 0.6) is 0 Å². The van der Waals surface area contributed by atoms with Crippen molar-refractivity contribution in [2.45, 2.75) is 0 Å². The zero-order valence-electron chi connectivity index (χ0n) is 11.7. The van der Waals surface area contributed by atoms with Gasteiger partial charge < -0.3 is 35.5 Å². The van der Waals surface area contributed by atoms with Gasteiger partial charge in [-0.05, 0) is 0 Å². The molecule has 0 unspecified atom stereocenters. The second-order valence-electron chi connectivity index (χ2n) is 0.513. The van der Waals surface area contributed by atoms with Crippen LogP contribution in [-0.2, 0) is 4.57 Å². The van der Waals surface area contributed by atoms with E-state index < -0.39 is 7.82 Å². The molecule has 0 heterocycles. The molecule has 0 radical (unpaired) electrons. The van der Waals surface area contributed by atoms with Gasteiger partial charge in [0, 0.05) is 0 Å². The maximum Gasteiger partial charge on any atom is 2.00 e. The summed E-state index contributed by atoms with van der Waals surface area (Å²) in [5.41, 5.74) is 0. The average molecular weight is 258 g/mol. The summed E-state index contributed by atoms with van der Waals surface area (Å²) in [6, 6.07) is 0. The Morgan fingerprint density at radius 3 is 0.900 bits per heavy atom. The first kappa shape index (κ1) is 37.2. The summed E-state index contributed by atoms with van der Waals surface area (Å²) in [5.74, 6) is 0. The van der Waals surface area contributed by atoms with Gasteiger partial charge in [0.1, 0.15) is 0 Å². The van der Waals surface area contributed by atoms with E-state index in [1.807, 2.05) is 0 Å². The molecule has 60 valence electrons. The van der Waals surface area contributed by atoms with Gasteiger partial charge in [-0.2, -0.15) is 0 Å². The van der Waals surface area contributed by atoms with Crippen LogP contribution in [0.2, 0.25) is 0 Å². The van der Waals surface area contributed by atoms with Crippen LogP contribution in [0.15, 0.2) is 0 Å². The molecule has 0 aliphatic carbocycles. The standard InChI is InChI=1S/3Ca.2H3N.H3O4P.6H/c;;;;;1-5(2,3)4;;;;;;/h;;;2*1H3;(H3,1,2,3,4);;;;;;/q3*+2;;;;6*-1. The van der Waals surface area contributed by atoms with Gasteiger partial charge in [0.05, 0.1) is 0 Å². The van der Waals surface area contributed by atoms with Crippen molar-refractivity contribution in [3.05, 3.63) is 0 Å². The average Bonchev–Trinajstić information content (AvgIpc) is 0.722. The monoisotopic (exact) mass is 258 g/mol. The molecule has 0 amide bonds. The predicted molar refractivity (Wildman–Crippen MR) is 48.2 cm³/mol. The van der Waals surface area contributed by atoms with Gasteiger partial charge in [-0.1, -0.05) is 0 Å². The SMILES string of the molecule is N.N.O=P(O)(O)O.[Ca+2].[Ca+2].[Ca+2].[H-].[H-].[H-].[H-].[H-].[H-]. The Bertz CT molecular complexity index is 79.9. The van der Waals surface area contributed by atoms with Crippen LogP contribution in [0, 0.1) is 0 Å². The van der Waals surface area contributed by atoms with E-state index in [2.05, 4.69) is 0 Å². The molecule has 0 aliphatic rings. The molecule has 10 heavy (non-hydrogen) atoms. The van der Waals surface area contributed by atoms with Gasteiger partial charge in [-0.15, -0.1) is 0 Å². The molecular weight excluding hydrogens is 243 g/mol. The van der Waals surface area contributed by atoms with Crippen molar-refractivity contribution in [3.8, 4) is 0 Å². The first-order chi connectivity index (χ1) is 2.00. The molecule has 0 saturated heterocycles. The van der Waals surface area contributed by atoms with E-state index >= 15 is 0 Å². The van der Waals surface area contributed by atoms with Crippen LogP contribution in [0.3, 0.4) is 0 Å². The normalized spacial score (nSPS) is 5.90. The Morgan fingerprint density at radius 2 is 0.900 bits per heavy atom. The second kappa shape index (κ2) is 18.6. The topological polar surface area (TPSA) is 148 Å². The van der Waals surface area contributed by atoms with Crippen LogP contribution in [0.4, 0.5) is 0 Å². The fraction of sp³-hybridized carbons (Fsp3) is 0. The summed E-state index contributed by atoms with van der Waals surface area (Å²) < 4.78 is 8.88. The van der Waals surface area contributed by atoms with Gasteiger partial charge in [0.25, 0.3) is 0 Å². The maximum atomic E-state index is 8.88. The quantitative estimate of drug-likeness (QED) is 0.276. The Balaban J connectivity index is -0.00000000145. The Labute approximate surface area is 158 Å². The number of hydrogen-bond donors (Lipinski definition) is 5. The van der Waals surface area contributed by atoms with Crippen molar-refractivity contribution in [1.29, 1.82) is 0 Å². The largest absolute Gasteiger partial charge is 2.00 e. The van der Waals surface area contributed by atoms with Crippen molar-refractivity contribution in [2.24, 2.45) is 0 Å². The molecule has 0 aromatic heterocycles. The summed E-state index contributed by atoms with van der Waals surface area (Å²) in [4.78, 5) is 21.6. The van der Waals surface area contributed by atoms with E-state index in [1.54, 1.807) is 0 Å². The Kier molecular flexibility index (Phi) is 69.0. The molecule has 0 bridgehead atoms. The smallest absolute Gasteiger partial charge is 1.00 e. The van der Waals surface area contributed by atoms with E-state index in [0.29, 0.717) is 0 Å². The summed E-state index contributed by atoms with van der Waals surface area (Å²) in [6.07, 6.45) is 0. The van der Waals surface area contributed by atoms with Crippen molar-refractivity contribution in [2.75, 3.05) is 0 Å². The van der Waals surface area contributed by atoms with Crippen molar-refractivity contribution in [3.63, 3.8) is 0 Å². The van der Waals surface area contributed by atoms with Crippen LogP contribution in [0.1, 0.15) is 8.56 Å². The number of hydrogen-bond acceptors (Lipinski definition) is 3. The first-order valence-corrected chi connectivity index (χ1v) is 2.35. The van der Waals surface area contributed by atoms with Crippen LogP contribution < -0.4 is 12.3 Å². The minimum Gasteiger partial charge on any atom is -1.00 e. The van der Waals surface area contributed by atoms with Crippen LogP contribution >= 0.6 is 7.82 Å². The zero-order valence-corrected chi connectivity index (χ0v) is 13.3. The molecule has 6 nitrogen and oxygen atoms in total. The molecule has 0 aromatic rings. The third-order valence-corrected chi connectivity index (χ3v) is 0. The van der Waals surface area contributed by atoms with Crippen molar-refractivity contribution >= 4 is 121 Å². The summed E-state index contributed by atoms with van der Waals surface area (Å²) in [5, 5.41) is 0. The van der Waals surface area contributed by atoms with Gasteiger partial charge in [0.2, 0.25) is 0 Å². The van der Waals surface area contributed by atoms with Gasteiger partial charge >= 0.3 is 121 Å². The second-order valence-corrected chi connectivity index (χ2v) is 1.54. The predicted octanol–water partition coefficient (Wildman–Crippen LogP) is -1.07. The van der Waals surface area contributed by atoms with E-state index in [1.165, 1.54) is 0 Å². The number of phosphoric acid groups is 1. The fourth-order valence-electron chi connectivity index (χ4n) is 0. The van der Waals surface area contributed by atoms with E-state index in [0.717, 1.165) is 0 Å². The van der Waals surface area contributed by atoms with Crippen molar-refractivity contribution in [1.82, 2.24) is 12.3 Å². The summed E-state index contributed by atoms with van der Waals surface area (Å²) in [7, 11) is -4.64. The molecule has 0 fully saturated rings.